The zero-order chi connectivity index (χ0) is 18.5. The molecule has 0 amide bonds. The summed E-state index contributed by atoms with van der Waals surface area (Å²) in [5, 5.41) is 0. The van der Waals surface area contributed by atoms with Crippen molar-refractivity contribution in [3.63, 3.8) is 0 Å². The minimum absolute atomic E-state index is 0.100. The summed E-state index contributed by atoms with van der Waals surface area (Å²) in [5.74, 6) is -0.679. The number of nitrogens with zero attached hydrogens (tertiary/aromatic N) is 4. The van der Waals surface area contributed by atoms with E-state index in [4.69, 9.17) is 24.7 Å². The van der Waals surface area contributed by atoms with Crippen LogP contribution in [0.3, 0.4) is 0 Å². The lowest BCUT2D eigenvalue weighted by atomic mass is 10.0. The van der Waals surface area contributed by atoms with Gasteiger partial charge < -0.3 is 24.7 Å². The molecule has 0 unspecified atom stereocenters. The quantitative estimate of drug-likeness (QED) is 0.548. The lowest BCUT2D eigenvalue weighted by Crippen LogP contribution is -2.46. The maximum atomic E-state index is 11.3. The smallest absolute Gasteiger partial charge is 0.302 e. The average molecular weight is 363 g/mol. The van der Waals surface area contributed by atoms with Crippen LogP contribution in [0.2, 0.25) is 0 Å². The number of esters is 2. The number of fused-ring (bicyclic) bond motifs is 2. The second-order valence-corrected chi connectivity index (χ2v) is 6.24. The fourth-order valence-electron chi connectivity index (χ4n) is 3.13. The van der Waals surface area contributed by atoms with Crippen molar-refractivity contribution in [2.24, 2.45) is 0 Å². The number of anilines is 1. The van der Waals surface area contributed by atoms with Gasteiger partial charge in [0.15, 0.2) is 23.3 Å². The van der Waals surface area contributed by atoms with Gasteiger partial charge in [-0.15, -0.1) is 0 Å². The Bertz CT molecular complexity index is 865. The van der Waals surface area contributed by atoms with E-state index in [-0.39, 0.29) is 31.2 Å². The summed E-state index contributed by atoms with van der Waals surface area (Å²) < 4.78 is 23.8. The molecule has 0 aliphatic carbocycles. The number of rotatable bonds is 5. The van der Waals surface area contributed by atoms with Crippen molar-refractivity contribution in [3.05, 3.63) is 12.7 Å². The Kier molecular flexibility index (Phi) is 3.77. The molecule has 11 nitrogen and oxygen atoms in total. The van der Waals surface area contributed by atoms with Crippen LogP contribution in [0.5, 0.6) is 0 Å². The number of epoxide rings is 1. The van der Waals surface area contributed by atoms with Crippen LogP contribution in [-0.2, 0) is 28.5 Å². The molecule has 0 bridgehead atoms. The summed E-state index contributed by atoms with van der Waals surface area (Å²) in [5.41, 5.74) is 5.66. The number of aromatic nitrogens is 4. The summed E-state index contributed by atoms with van der Waals surface area (Å²) in [7, 11) is 0. The molecule has 3 atom stereocenters. The van der Waals surface area contributed by atoms with Crippen LogP contribution in [-0.4, -0.2) is 62.5 Å². The van der Waals surface area contributed by atoms with Gasteiger partial charge in [-0.3, -0.25) is 14.2 Å². The number of carbonyl (C=O) groups is 2. The lowest BCUT2D eigenvalue weighted by Gasteiger charge is -2.30. The molecule has 0 radical (unpaired) electrons. The van der Waals surface area contributed by atoms with Crippen LogP contribution in [0.4, 0.5) is 5.82 Å². The van der Waals surface area contributed by atoms with Gasteiger partial charge in [0.25, 0.3) is 0 Å². The molecule has 11 heteroatoms. The number of nitrogen functional groups attached to an aromatic ring is 1. The molecule has 4 rings (SSSR count). The number of hydrogen-bond acceptors (Lipinski definition) is 10. The molecule has 2 aliphatic heterocycles. The number of ether oxygens (including phenoxy) is 4. The van der Waals surface area contributed by atoms with E-state index in [2.05, 4.69) is 15.0 Å². The zero-order valence-electron chi connectivity index (χ0n) is 14.1. The monoisotopic (exact) mass is 363 g/mol. The second kappa shape index (κ2) is 5.88. The molecule has 0 spiro atoms. The van der Waals surface area contributed by atoms with E-state index in [1.807, 2.05) is 0 Å². The molecule has 0 aromatic carbocycles. The first-order valence-electron chi connectivity index (χ1n) is 7.94. The van der Waals surface area contributed by atoms with Crippen molar-refractivity contribution in [1.82, 2.24) is 19.5 Å². The van der Waals surface area contributed by atoms with Gasteiger partial charge in [0.05, 0.1) is 6.33 Å². The molecule has 0 saturated carbocycles. The van der Waals surface area contributed by atoms with Crippen LogP contribution in [0, 0.1) is 0 Å². The number of hydrogen-bond donors (Lipinski definition) is 1. The molecular formula is C15H17N5O6. The zero-order valence-corrected chi connectivity index (χ0v) is 14.1. The number of imidazole rings is 1. The molecule has 138 valence electrons. The third-order valence-corrected chi connectivity index (χ3v) is 4.38. The minimum Gasteiger partial charge on any atom is -0.463 e. The predicted molar refractivity (Wildman–Crippen MR) is 84.5 cm³/mol. The van der Waals surface area contributed by atoms with Gasteiger partial charge in [-0.2, -0.15) is 0 Å². The molecule has 2 aromatic heterocycles. The Morgan fingerprint density at radius 3 is 2.58 bits per heavy atom. The summed E-state index contributed by atoms with van der Waals surface area (Å²) in [6, 6.07) is 0. The van der Waals surface area contributed by atoms with Gasteiger partial charge in [-0.05, 0) is 0 Å². The van der Waals surface area contributed by atoms with Crippen molar-refractivity contribution in [2.75, 3.05) is 18.9 Å². The van der Waals surface area contributed by atoms with Crippen molar-refractivity contribution in [3.8, 4) is 0 Å². The van der Waals surface area contributed by atoms with Crippen LogP contribution >= 0.6 is 0 Å². The van der Waals surface area contributed by atoms with Crippen molar-refractivity contribution < 1.29 is 28.5 Å². The van der Waals surface area contributed by atoms with Gasteiger partial charge in [0.1, 0.15) is 37.3 Å². The molecule has 4 heterocycles. The normalized spacial score (nSPS) is 25.7. The maximum Gasteiger partial charge on any atom is 0.302 e. The first kappa shape index (κ1) is 16.7. The van der Waals surface area contributed by atoms with Crippen LogP contribution in [0.1, 0.15) is 20.1 Å². The Morgan fingerprint density at radius 1 is 1.23 bits per heavy atom. The fraction of sp³-hybridized carbons (Fsp3) is 0.533. The summed E-state index contributed by atoms with van der Waals surface area (Å²) in [6.07, 6.45) is 1.59. The van der Waals surface area contributed by atoms with Crippen LogP contribution in [0.15, 0.2) is 12.7 Å². The highest BCUT2D eigenvalue weighted by atomic mass is 16.7. The van der Waals surface area contributed by atoms with E-state index in [1.54, 1.807) is 4.57 Å². The van der Waals surface area contributed by atoms with Crippen molar-refractivity contribution in [1.29, 1.82) is 0 Å². The Morgan fingerprint density at radius 2 is 1.92 bits per heavy atom. The van der Waals surface area contributed by atoms with Gasteiger partial charge in [0, 0.05) is 13.8 Å². The van der Waals surface area contributed by atoms with E-state index < -0.39 is 23.8 Å². The summed E-state index contributed by atoms with van der Waals surface area (Å²) in [4.78, 5) is 34.8. The SMILES string of the molecule is CC(=O)OCC1(COC(C)=O)O[C@@H](n2cnc3c(N)ncnc32)[C@H]2O[C@H]21. The van der Waals surface area contributed by atoms with E-state index in [0.717, 1.165) is 0 Å². The topological polar surface area (TPSA) is 144 Å². The predicted octanol–water partition coefficient (Wildman–Crippen LogP) is -0.430. The minimum atomic E-state index is -1.10. The molecular weight excluding hydrogens is 346 g/mol. The Labute approximate surface area is 147 Å². The molecule has 2 aliphatic rings. The summed E-state index contributed by atoms with van der Waals surface area (Å²) >= 11 is 0. The van der Waals surface area contributed by atoms with Crippen molar-refractivity contribution in [2.45, 2.75) is 37.9 Å². The fourth-order valence-corrected chi connectivity index (χ4v) is 3.13. The average Bonchev–Trinajstić information content (AvgIpc) is 3.17. The molecule has 2 N–H and O–H groups in total. The lowest BCUT2D eigenvalue weighted by molar-refractivity contribution is -0.192. The van der Waals surface area contributed by atoms with Crippen LogP contribution < -0.4 is 5.73 Å². The van der Waals surface area contributed by atoms with E-state index in [1.165, 1.54) is 26.5 Å². The molecule has 2 fully saturated rings. The van der Waals surface area contributed by atoms with Gasteiger partial charge >= 0.3 is 11.9 Å². The largest absolute Gasteiger partial charge is 0.463 e. The van der Waals surface area contributed by atoms with Crippen molar-refractivity contribution >= 4 is 28.9 Å². The molecule has 2 saturated heterocycles. The first-order valence-corrected chi connectivity index (χ1v) is 7.94. The summed E-state index contributed by atoms with van der Waals surface area (Å²) in [6.45, 7) is 2.38. The molecule has 26 heavy (non-hydrogen) atoms. The highest BCUT2D eigenvalue weighted by molar-refractivity contribution is 5.81. The molecule has 2 aromatic rings. The van der Waals surface area contributed by atoms with E-state index in [9.17, 15) is 9.59 Å². The highest BCUT2D eigenvalue weighted by Gasteiger charge is 2.68. The first-order chi connectivity index (χ1) is 12.4. The van der Waals surface area contributed by atoms with Gasteiger partial charge in [-0.25, -0.2) is 15.0 Å². The van der Waals surface area contributed by atoms with Crippen LogP contribution in [0.25, 0.3) is 11.2 Å². The third kappa shape index (κ3) is 2.65. The maximum absolute atomic E-state index is 11.3. The third-order valence-electron chi connectivity index (χ3n) is 4.38. The van der Waals surface area contributed by atoms with E-state index >= 15 is 0 Å². The number of carbonyl (C=O) groups excluding carboxylic acids is 2. The second-order valence-electron chi connectivity index (χ2n) is 6.24. The van der Waals surface area contributed by atoms with E-state index in [0.29, 0.717) is 11.2 Å². The Balaban J connectivity index is 1.64. The standard InChI is InChI=1S/C15H17N5O6/c1-7(21)23-3-15(4-24-8(2)22)11-10(25-11)14(26-15)20-6-19-9-12(16)17-5-18-13(9)20/h5-6,10-11,14H,3-4H2,1-2H3,(H2,16,17,18)/t10-,11+,14+/m0/s1. The highest BCUT2D eigenvalue weighted by Crippen LogP contribution is 2.51. The van der Waals surface area contributed by atoms with Gasteiger partial charge in [-0.1, -0.05) is 0 Å². The Hall–Kier alpha value is -2.79. The number of nitrogens with two attached hydrogens (primary N) is 1. The van der Waals surface area contributed by atoms with Gasteiger partial charge in [0.2, 0.25) is 0 Å².